The van der Waals surface area contributed by atoms with E-state index in [1.165, 1.54) is 154 Å². The van der Waals surface area contributed by atoms with Crippen molar-refractivity contribution in [2.24, 2.45) is 0 Å². The minimum absolute atomic E-state index is 0.0776. The van der Waals surface area contributed by atoms with Crippen LogP contribution in [0, 0.1) is 0 Å². The van der Waals surface area contributed by atoms with Gasteiger partial charge in [0, 0.05) is 6.42 Å². The molecule has 0 aliphatic heterocycles. The number of quaternary nitrogens is 1. The Morgan fingerprint density at radius 2 is 0.889 bits per heavy atom. The van der Waals surface area contributed by atoms with E-state index in [0.717, 1.165) is 51.4 Å². The Bertz CT molecular complexity index is 855. The van der Waals surface area contributed by atoms with Crippen LogP contribution in [-0.2, 0) is 18.4 Å². The molecule has 0 spiro atoms. The summed E-state index contributed by atoms with van der Waals surface area (Å²) in [6.07, 6.45) is 41.9. The second-order valence-corrected chi connectivity index (χ2v) is 19.0. The molecule has 0 aromatic rings. The summed E-state index contributed by atoms with van der Waals surface area (Å²) in [6, 6.07) is -0.750. The van der Waals surface area contributed by atoms with Crippen LogP contribution >= 0.6 is 7.82 Å². The van der Waals surface area contributed by atoms with Gasteiger partial charge in [0.15, 0.2) is 0 Å². The summed E-state index contributed by atoms with van der Waals surface area (Å²) in [4.78, 5) is 22.8. The third kappa shape index (κ3) is 39.7. The maximum atomic E-state index is 12.7. The van der Waals surface area contributed by atoms with Gasteiger partial charge in [0.2, 0.25) is 5.91 Å². The Morgan fingerprint density at radius 3 is 1.24 bits per heavy atom. The van der Waals surface area contributed by atoms with E-state index in [2.05, 4.69) is 19.2 Å². The van der Waals surface area contributed by atoms with Crippen LogP contribution in [-0.4, -0.2) is 73.4 Å². The molecule has 1 amide bonds. The van der Waals surface area contributed by atoms with Gasteiger partial charge in [-0.25, -0.2) is 4.57 Å². The van der Waals surface area contributed by atoms with Crippen LogP contribution in [0.2, 0.25) is 0 Å². The molecule has 0 radical (unpaired) electrons. The van der Waals surface area contributed by atoms with Crippen LogP contribution in [0.25, 0.3) is 0 Å². The minimum Gasteiger partial charge on any atom is -0.391 e. The normalized spacial score (nSPS) is 14.3. The van der Waals surface area contributed by atoms with Gasteiger partial charge in [-0.05, 0) is 12.8 Å². The van der Waals surface area contributed by atoms with Crippen molar-refractivity contribution in [1.29, 1.82) is 0 Å². The molecule has 0 saturated carbocycles. The number of carbonyl (C=O) groups is 1. The zero-order chi connectivity index (χ0) is 40.0. The fourth-order valence-corrected chi connectivity index (χ4v) is 7.84. The molecule has 324 valence electrons. The third-order valence-electron chi connectivity index (χ3n) is 10.9. The van der Waals surface area contributed by atoms with Gasteiger partial charge < -0.3 is 19.8 Å². The summed E-state index contributed by atoms with van der Waals surface area (Å²) in [5, 5.41) is 13.8. The van der Waals surface area contributed by atoms with Crippen molar-refractivity contribution in [3.8, 4) is 0 Å². The van der Waals surface area contributed by atoms with Gasteiger partial charge in [0.25, 0.3) is 0 Å². The predicted octanol–water partition coefficient (Wildman–Crippen LogP) is 13.0. The maximum absolute atomic E-state index is 12.7. The summed E-state index contributed by atoms with van der Waals surface area (Å²) in [5.74, 6) is -0.155. The molecule has 9 heteroatoms. The van der Waals surface area contributed by atoms with E-state index in [0.29, 0.717) is 23.9 Å². The number of likely N-dealkylation sites (N-methyl/N-ethyl adjacent to an activating group) is 1. The number of carbonyl (C=O) groups excluding carboxylic acids is 1. The maximum Gasteiger partial charge on any atom is 0.472 e. The zero-order valence-corrected chi connectivity index (χ0v) is 37.6. The fourth-order valence-electron chi connectivity index (χ4n) is 7.11. The quantitative estimate of drug-likeness (QED) is 0.0323. The summed E-state index contributed by atoms with van der Waals surface area (Å²) in [6.45, 7) is 4.82. The second-order valence-electron chi connectivity index (χ2n) is 17.5. The van der Waals surface area contributed by atoms with E-state index >= 15 is 0 Å². The lowest BCUT2D eigenvalue weighted by molar-refractivity contribution is -0.870. The Balaban J connectivity index is 3.91. The molecule has 0 aliphatic rings. The van der Waals surface area contributed by atoms with Crippen molar-refractivity contribution in [1.82, 2.24) is 5.32 Å². The van der Waals surface area contributed by atoms with Crippen LogP contribution in [0.15, 0.2) is 0 Å². The summed E-state index contributed by atoms with van der Waals surface area (Å²) >= 11 is 0. The highest BCUT2D eigenvalue weighted by atomic mass is 31.2. The molecule has 0 aromatic heterocycles. The number of nitrogens with zero attached hydrogens (tertiary/aromatic N) is 1. The number of phosphoric acid groups is 1. The topological polar surface area (TPSA) is 105 Å². The molecular weight excluding hydrogens is 695 g/mol. The lowest BCUT2D eigenvalue weighted by Gasteiger charge is -2.26. The van der Waals surface area contributed by atoms with E-state index < -0.39 is 20.0 Å². The van der Waals surface area contributed by atoms with Crippen molar-refractivity contribution in [2.45, 2.75) is 244 Å². The zero-order valence-electron chi connectivity index (χ0n) is 36.7. The number of unbranched alkanes of at least 4 members (excludes halogenated alkanes) is 30. The van der Waals surface area contributed by atoms with Crippen LogP contribution in [0.3, 0.4) is 0 Å². The highest BCUT2D eigenvalue weighted by Gasteiger charge is 2.28. The van der Waals surface area contributed by atoms with Crippen molar-refractivity contribution in [2.75, 3.05) is 40.9 Å². The average Bonchev–Trinajstić information content (AvgIpc) is 3.12. The largest absolute Gasteiger partial charge is 0.472 e. The number of hydrogen-bond acceptors (Lipinski definition) is 5. The van der Waals surface area contributed by atoms with Crippen molar-refractivity contribution in [3.63, 3.8) is 0 Å². The number of aliphatic hydroxyl groups excluding tert-OH is 1. The van der Waals surface area contributed by atoms with Crippen LogP contribution < -0.4 is 5.32 Å². The molecule has 0 saturated heterocycles. The first-order valence-corrected chi connectivity index (χ1v) is 24.9. The molecule has 3 N–H and O–H groups in total. The molecule has 0 aliphatic carbocycles. The van der Waals surface area contributed by atoms with E-state index in [1.807, 2.05) is 21.1 Å². The van der Waals surface area contributed by atoms with Crippen molar-refractivity contribution >= 4 is 13.7 Å². The Labute approximate surface area is 336 Å². The van der Waals surface area contributed by atoms with Gasteiger partial charge >= 0.3 is 7.82 Å². The highest BCUT2D eigenvalue weighted by Crippen LogP contribution is 2.43. The van der Waals surface area contributed by atoms with Gasteiger partial charge in [0.1, 0.15) is 13.2 Å². The third-order valence-corrected chi connectivity index (χ3v) is 11.8. The predicted molar refractivity (Wildman–Crippen MR) is 231 cm³/mol. The van der Waals surface area contributed by atoms with Crippen LogP contribution in [0.5, 0.6) is 0 Å². The summed E-state index contributed by atoms with van der Waals surface area (Å²) < 4.78 is 23.5. The van der Waals surface area contributed by atoms with E-state index in [-0.39, 0.29) is 19.1 Å². The first-order chi connectivity index (χ1) is 26.0. The number of amides is 1. The Hall–Kier alpha value is -0.500. The van der Waals surface area contributed by atoms with Gasteiger partial charge in [-0.3, -0.25) is 13.8 Å². The van der Waals surface area contributed by atoms with Gasteiger partial charge in [-0.15, -0.1) is 0 Å². The second kappa shape index (κ2) is 38.0. The van der Waals surface area contributed by atoms with E-state index in [4.69, 9.17) is 9.05 Å². The molecule has 0 rings (SSSR count). The molecule has 0 fully saturated rings. The van der Waals surface area contributed by atoms with Crippen LogP contribution in [0.4, 0.5) is 0 Å². The number of rotatable bonds is 43. The molecule has 0 heterocycles. The van der Waals surface area contributed by atoms with Crippen molar-refractivity contribution < 1.29 is 32.9 Å². The lowest BCUT2D eigenvalue weighted by atomic mass is 10.0. The van der Waals surface area contributed by atoms with Gasteiger partial charge in [-0.1, -0.05) is 213 Å². The number of nitrogens with one attached hydrogen (secondary N) is 1. The molecule has 3 unspecified atom stereocenters. The number of hydrogen-bond donors (Lipinski definition) is 3. The first kappa shape index (κ1) is 53.5. The van der Waals surface area contributed by atoms with E-state index in [1.54, 1.807) is 0 Å². The molecule has 3 atom stereocenters. The highest BCUT2D eigenvalue weighted by molar-refractivity contribution is 7.47. The van der Waals surface area contributed by atoms with Crippen molar-refractivity contribution in [3.05, 3.63) is 0 Å². The molecule has 0 bridgehead atoms. The minimum atomic E-state index is -4.29. The lowest BCUT2D eigenvalue weighted by Crippen LogP contribution is -2.46. The smallest absolute Gasteiger partial charge is 0.391 e. The molecule has 8 nitrogen and oxygen atoms in total. The monoisotopic (exact) mass is 790 g/mol. The van der Waals surface area contributed by atoms with E-state index in [9.17, 15) is 19.4 Å². The summed E-state index contributed by atoms with van der Waals surface area (Å²) in [5.41, 5.74) is 0. The number of aliphatic hydroxyl groups is 1. The standard InChI is InChI=1S/C45H93N2O6P/c1-6-8-10-12-13-14-15-16-17-18-19-20-21-22-23-24-25-26-27-28-29-30-31-32-33-35-36-38-44(48)43(46-45(49)39-37-34-11-9-7-2)42-53-54(50,51)52-41-40-47(3,4)5/h43-44,48H,6-42H2,1-5H3,(H-,46,49,50,51)/p+1. The fraction of sp³-hybridized carbons (Fsp3) is 0.978. The molecule has 54 heavy (non-hydrogen) atoms. The SMILES string of the molecule is CCCCCCCCCCCCCCCCCCCCCCCCCCCCCC(O)C(COP(=O)(O)OCC[N+](C)(C)C)NC(=O)CCCCCCC. The van der Waals surface area contributed by atoms with Gasteiger partial charge in [-0.2, -0.15) is 0 Å². The number of phosphoric ester groups is 1. The first-order valence-electron chi connectivity index (χ1n) is 23.4. The Morgan fingerprint density at radius 1 is 0.556 bits per heavy atom. The molecular formula is C45H94N2O6P+. The van der Waals surface area contributed by atoms with Crippen LogP contribution in [0.1, 0.15) is 232 Å². The average molecular weight is 790 g/mol. The van der Waals surface area contributed by atoms with Gasteiger partial charge in [0.05, 0.1) is 39.9 Å². The Kier molecular flexibility index (Phi) is 37.7. The summed E-state index contributed by atoms with van der Waals surface area (Å²) in [7, 11) is 1.62. The molecule has 0 aromatic carbocycles.